The van der Waals surface area contributed by atoms with E-state index < -0.39 is 0 Å². The third kappa shape index (κ3) is 3.78. The van der Waals surface area contributed by atoms with Crippen molar-refractivity contribution in [2.24, 2.45) is 0 Å². The summed E-state index contributed by atoms with van der Waals surface area (Å²) in [6.45, 7) is 7.95. The molecule has 0 bridgehead atoms. The first-order valence-electron chi connectivity index (χ1n) is 6.95. The number of hydrogen-bond acceptors (Lipinski definition) is 5. The minimum atomic E-state index is -0.297. The maximum absolute atomic E-state index is 12.3. The van der Waals surface area contributed by atoms with Gasteiger partial charge >= 0.3 is 0 Å². The Hall–Kier alpha value is -1.95. The molecule has 6 heteroatoms. The highest BCUT2D eigenvalue weighted by Gasteiger charge is 2.18. The van der Waals surface area contributed by atoms with Crippen molar-refractivity contribution in [2.45, 2.75) is 40.2 Å². The van der Waals surface area contributed by atoms with E-state index in [0.717, 1.165) is 16.3 Å². The van der Waals surface area contributed by atoms with Gasteiger partial charge in [0.15, 0.2) is 0 Å². The number of hydrogen-bond donors (Lipinski definition) is 2. The number of benzene rings is 1. The van der Waals surface area contributed by atoms with Gasteiger partial charge in [0.25, 0.3) is 0 Å². The average molecular weight is 304 g/mol. The summed E-state index contributed by atoms with van der Waals surface area (Å²) < 4.78 is 0. The molecule has 0 radical (unpaired) electrons. The van der Waals surface area contributed by atoms with Gasteiger partial charge in [0.05, 0.1) is 0 Å². The van der Waals surface area contributed by atoms with Crippen LogP contribution in [0, 0.1) is 20.8 Å². The van der Waals surface area contributed by atoms with Crippen LogP contribution in [0.1, 0.15) is 29.5 Å². The van der Waals surface area contributed by atoms with Gasteiger partial charge in [0.2, 0.25) is 11.0 Å². The molecule has 0 aliphatic heterocycles. The van der Waals surface area contributed by atoms with E-state index in [4.69, 9.17) is 0 Å². The van der Waals surface area contributed by atoms with Crippen LogP contribution in [0.4, 0.5) is 10.8 Å². The van der Waals surface area contributed by atoms with Crippen molar-refractivity contribution in [2.75, 3.05) is 10.6 Å². The van der Waals surface area contributed by atoms with Gasteiger partial charge in [-0.2, -0.15) is 0 Å². The van der Waals surface area contributed by atoms with Gasteiger partial charge in [0, 0.05) is 5.69 Å². The average Bonchev–Trinajstić information content (AvgIpc) is 2.85. The molecule has 1 unspecified atom stereocenters. The number of aryl methyl sites for hydroxylation is 2. The molecular weight excluding hydrogens is 284 g/mol. The number of nitrogens with one attached hydrogen (secondary N) is 2. The lowest BCUT2D eigenvalue weighted by atomic mass is 10.1. The van der Waals surface area contributed by atoms with Crippen molar-refractivity contribution in [1.29, 1.82) is 0 Å². The molecule has 112 valence electrons. The van der Waals surface area contributed by atoms with Crippen LogP contribution in [-0.2, 0) is 4.79 Å². The minimum absolute atomic E-state index is 0.0884. The highest BCUT2D eigenvalue weighted by molar-refractivity contribution is 7.15. The van der Waals surface area contributed by atoms with Crippen molar-refractivity contribution in [3.05, 3.63) is 34.3 Å². The summed E-state index contributed by atoms with van der Waals surface area (Å²) in [6.07, 6.45) is 0.691. The summed E-state index contributed by atoms with van der Waals surface area (Å²) in [5.74, 6) is -0.0884. The summed E-state index contributed by atoms with van der Waals surface area (Å²) in [7, 11) is 0. The van der Waals surface area contributed by atoms with Gasteiger partial charge in [-0.3, -0.25) is 10.1 Å². The van der Waals surface area contributed by atoms with Crippen molar-refractivity contribution < 1.29 is 4.79 Å². The van der Waals surface area contributed by atoms with Crippen LogP contribution >= 0.6 is 11.3 Å². The maximum Gasteiger partial charge on any atom is 0.248 e. The van der Waals surface area contributed by atoms with Gasteiger partial charge in [-0.1, -0.05) is 30.4 Å². The van der Waals surface area contributed by atoms with Gasteiger partial charge in [-0.05, 0) is 44.4 Å². The molecule has 2 rings (SSSR count). The van der Waals surface area contributed by atoms with Crippen LogP contribution in [0.2, 0.25) is 0 Å². The molecule has 0 aliphatic rings. The smallest absolute Gasteiger partial charge is 0.248 e. The van der Waals surface area contributed by atoms with E-state index in [9.17, 15) is 4.79 Å². The Balaban J connectivity index is 2.08. The molecule has 1 atom stereocenters. The van der Waals surface area contributed by atoms with E-state index in [1.54, 1.807) is 0 Å². The quantitative estimate of drug-likeness (QED) is 0.889. The predicted molar refractivity (Wildman–Crippen MR) is 86.9 cm³/mol. The molecule has 1 aromatic heterocycles. The number of anilines is 2. The summed E-state index contributed by atoms with van der Waals surface area (Å²) in [4.78, 5) is 12.3. The standard InChI is InChI=1S/C15H20N4OS/c1-5-12(14(20)17-15-19-18-11(4)21-15)16-13-8-6-7-9(2)10(13)3/h6-8,12,16H,5H2,1-4H3,(H,17,19,20). The Morgan fingerprint density at radius 1 is 1.29 bits per heavy atom. The second kappa shape index (κ2) is 6.67. The lowest BCUT2D eigenvalue weighted by Gasteiger charge is -2.19. The Bertz CT molecular complexity index is 638. The Labute approximate surface area is 128 Å². The fourth-order valence-corrected chi connectivity index (χ4v) is 2.58. The van der Waals surface area contributed by atoms with Crippen molar-refractivity contribution in [3.63, 3.8) is 0 Å². The Morgan fingerprint density at radius 3 is 2.67 bits per heavy atom. The third-order valence-corrected chi connectivity index (χ3v) is 4.17. The topological polar surface area (TPSA) is 66.9 Å². The van der Waals surface area contributed by atoms with Gasteiger partial charge in [-0.25, -0.2) is 0 Å². The summed E-state index contributed by atoms with van der Waals surface area (Å²) in [6, 6.07) is 5.75. The van der Waals surface area contributed by atoms with E-state index in [0.29, 0.717) is 11.6 Å². The van der Waals surface area contributed by atoms with E-state index >= 15 is 0 Å². The minimum Gasteiger partial charge on any atom is -0.373 e. The molecule has 1 heterocycles. The van der Waals surface area contributed by atoms with Gasteiger partial charge in [-0.15, -0.1) is 10.2 Å². The first-order chi connectivity index (χ1) is 10.0. The molecule has 2 aromatic rings. The van der Waals surface area contributed by atoms with E-state index in [2.05, 4.69) is 40.7 Å². The molecule has 5 nitrogen and oxygen atoms in total. The molecule has 0 spiro atoms. The highest BCUT2D eigenvalue weighted by atomic mass is 32.1. The van der Waals surface area contributed by atoms with Crippen LogP contribution in [0.25, 0.3) is 0 Å². The predicted octanol–water partition coefficient (Wildman–Crippen LogP) is 3.29. The lowest BCUT2D eigenvalue weighted by Crippen LogP contribution is -2.34. The van der Waals surface area contributed by atoms with Crippen LogP contribution < -0.4 is 10.6 Å². The fraction of sp³-hybridized carbons (Fsp3) is 0.400. The zero-order chi connectivity index (χ0) is 15.4. The van der Waals surface area contributed by atoms with Crippen LogP contribution in [0.15, 0.2) is 18.2 Å². The van der Waals surface area contributed by atoms with Crippen LogP contribution in [0.5, 0.6) is 0 Å². The Kier molecular flexibility index (Phi) is 4.90. The zero-order valence-electron chi connectivity index (χ0n) is 12.7. The lowest BCUT2D eigenvalue weighted by molar-refractivity contribution is -0.117. The summed E-state index contributed by atoms with van der Waals surface area (Å²) in [5.41, 5.74) is 3.36. The molecule has 0 aliphatic carbocycles. The molecule has 0 saturated carbocycles. The largest absolute Gasteiger partial charge is 0.373 e. The van der Waals surface area contributed by atoms with Crippen LogP contribution in [0.3, 0.4) is 0 Å². The highest BCUT2D eigenvalue weighted by Crippen LogP contribution is 2.20. The number of rotatable bonds is 5. The van der Waals surface area contributed by atoms with Crippen molar-refractivity contribution in [3.8, 4) is 0 Å². The molecule has 1 amide bonds. The van der Waals surface area contributed by atoms with E-state index in [1.165, 1.54) is 16.9 Å². The summed E-state index contributed by atoms with van der Waals surface area (Å²) in [5, 5.41) is 15.3. The monoisotopic (exact) mass is 304 g/mol. The molecule has 0 fully saturated rings. The molecule has 0 saturated heterocycles. The Morgan fingerprint density at radius 2 is 2.05 bits per heavy atom. The number of carbonyl (C=O) groups excluding carboxylic acids is 1. The summed E-state index contributed by atoms with van der Waals surface area (Å²) >= 11 is 1.37. The van der Waals surface area contributed by atoms with Gasteiger partial charge < -0.3 is 5.32 Å². The molecule has 1 aromatic carbocycles. The third-order valence-electron chi connectivity index (χ3n) is 3.42. The SMILES string of the molecule is CCC(Nc1cccc(C)c1C)C(=O)Nc1nnc(C)s1. The normalized spacial score (nSPS) is 12.0. The molecule has 2 N–H and O–H groups in total. The van der Waals surface area contributed by atoms with Crippen molar-refractivity contribution in [1.82, 2.24) is 10.2 Å². The number of carbonyl (C=O) groups is 1. The maximum atomic E-state index is 12.3. The van der Waals surface area contributed by atoms with E-state index in [1.807, 2.05) is 26.0 Å². The number of amides is 1. The molecular formula is C15H20N4OS. The second-order valence-electron chi connectivity index (χ2n) is 4.97. The fourth-order valence-electron chi connectivity index (χ4n) is 1.99. The van der Waals surface area contributed by atoms with E-state index in [-0.39, 0.29) is 11.9 Å². The number of aromatic nitrogens is 2. The second-order valence-corrected chi connectivity index (χ2v) is 6.15. The number of nitrogens with zero attached hydrogens (tertiary/aromatic N) is 2. The van der Waals surface area contributed by atoms with Gasteiger partial charge in [0.1, 0.15) is 11.0 Å². The first-order valence-corrected chi connectivity index (χ1v) is 7.76. The zero-order valence-corrected chi connectivity index (χ0v) is 13.5. The van der Waals surface area contributed by atoms with Crippen LogP contribution in [-0.4, -0.2) is 22.1 Å². The van der Waals surface area contributed by atoms with Crippen molar-refractivity contribution >= 4 is 28.1 Å². The first kappa shape index (κ1) is 15.4. The molecule has 21 heavy (non-hydrogen) atoms.